The fraction of sp³-hybridized carbons (Fsp3) is 0.455. The molecule has 1 heterocycles. The van der Waals surface area contributed by atoms with Gasteiger partial charge < -0.3 is 10.1 Å². The molecule has 0 saturated carbocycles. The molecule has 2 rings (SSSR count). The minimum atomic E-state index is -3.16. The third-order valence-electron chi connectivity index (χ3n) is 2.78. The van der Waals surface area contributed by atoms with Gasteiger partial charge in [0.25, 0.3) is 0 Å². The summed E-state index contributed by atoms with van der Waals surface area (Å²) in [5.74, 6) is 0.706. The van der Waals surface area contributed by atoms with E-state index in [-0.39, 0.29) is 12.1 Å². The van der Waals surface area contributed by atoms with E-state index in [1.165, 1.54) is 6.26 Å². The number of fused-ring (bicyclic) bond motifs is 1. The van der Waals surface area contributed by atoms with Crippen molar-refractivity contribution in [1.82, 2.24) is 0 Å². The largest absolute Gasteiger partial charge is 0.486 e. The zero-order valence-corrected chi connectivity index (χ0v) is 10.3. The smallest absolute Gasteiger partial charge is 0.175 e. The maximum Gasteiger partial charge on any atom is 0.175 e. The molecular weight excluding hydrogens is 226 g/mol. The Morgan fingerprint density at radius 2 is 2.00 bits per heavy atom. The lowest BCUT2D eigenvalue weighted by Crippen LogP contribution is -2.36. The van der Waals surface area contributed by atoms with Crippen LogP contribution in [-0.4, -0.2) is 26.8 Å². The third-order valence-corrected chi connectivity index (χ3v) is 3.89. The van der Waals surface area contributed by atoms with Crippen LogP contribution in [0.2, 0.25) is 0 Å². The van der Waals surface area contributed by atoms with E-state index < -0.39 is 9.84 Å². The predicted molar refractivity (Wildman–Crippen MR) is 62.7 cm³/mol. The maximum atomic E-state index is 11.4. The summed E-state index contributed by atoms with van der Waals surface area (Å²) in [6.07, 6.45) is 1.28. The highest BCUT2D eigenvalue weighted by Gasteiger charge is 2.23. The molecule has 1 aliphatic heterocycles. The van der Waals surface area contributed by atoms with Crippen molar-refractivity contribution in [3.05, 3.63) is 18.2 Å². The van der Waals surface area contributed by atoms with Crippen molar-refractivity contribution in [2.24, 2.45) is 0 Å². The molecule has 0 bridgehead atoms. The zero-order valence-electron chi connectivity index (χ0n) is 9.52. The Hall–Kier alpha value is -1.23. The SMILES string of the molecule is CC1Nc2cc(S(C)(=O)=O)ccc2OC1C. The lowest BCUT2D eigenvalue weighted by Gasteiger charge is -2.30. The number of hydrogen-bond acceptors (Lipinski definition) is 4. The van der Waals surface area contributed by atoms with Crippen LogP contribution in [0.3, 0.4) is 0 Å². The number of nitrogens with one attached hydrogen (secondary N) is 1. The van der Waals surface area contributed by atoms with Gasteiger partial charge in [0.2, 0.25) is 0 Å². The molecule has 0 radical (unpaired) electrons. The standard InChI is InChI=1S/C11H15NO3S/c1-7-8(2)15-11-5-4-9(16(3,13)14)6-10(11)12-7/h4-8,12H,1-3H3. The van der Waals surface area contributed by atoms with Crippen molar-refractivity contribution in [2.45, 2.75) is 30.9 Å². The van der Waals surface area contributed by atoms with Crippen molar-refractivity contribution in [3.63, 3.8) is 0 Å². The molecule has 0 saturated heterocycles. The van der Waals surface area contributed by atoms with Gasteiger partial charge >= 0.3 is 0 Å². The quantitative estimate of drug-likeness (QED) is 0.812. The average molecular weight is 241 g/mol. The highest BCUT2D eigenvalue weighted by molar-refractivity contribution is 7.90. The highest BCUT2D eigenvalue weighted by Crippen LogP contribution is 2.33. The number of sulfone groups is 1. The van der Waals surface area contributed by atoms with Gasteiger partial charge in [0.05, 0.1) is 16.6 Å². The first-order valence-corrected chi connectivity index (χ1v) is 7.04. The molecule has 2 unspecified atom stereocenters. The Morgan fingerprint density at radius 1 is 1.31 bits per heavy atom. The van der Waals surface area contributed by atoms with Crippen LogP contribution in [0.15, 0.2) is 23.1 Å². The molecule has 0 fully saturated rings. The van der Waals surface area contributed by atoms with E-state index in [1.807, 2.05) is 13.8 Å². The van der Waals surface area contributed by atoms with Gasteiger partial charge in [0.15, 0.2) is 9.84 Å². The predicted octanol–water partition coefficient (Wildman–Crippen LogP) is 1.67. The van der Waals surface area contributed by atoms with Gasteiger partial charge in [-0.1, -0.05) is 0 Å². The molecular formula is C11H15NO3S. The second-order valence-electron chi connectivity index (χ2n) is 4.19. The molecule has 1 aromatic rings. The lowest BCUT2D eigenvalue weighted by molar-refractivity contribution is 0.193. The Bertz CT molecular complexity index is 510. The van der Waals surface area contributed by atoms with Crippen LogP contribution in [0.25, 0.3) is 0 Å². The molecule has 88 valence electrons. The Kier molecular flexibility index (Phi) is 2.58. The normalized spacial score (nSPS) is 24.2. The molecule has 1 N–H and O–H groups in total. The number of ether oxygens (including phenoxy) is 1. The van der Waals surface area contributed by atoms with Gasteiger partial charge in [-0.15, -0.1) is 0 Å². The average Bonchev–Trinajstić information content (AvgIpc) is 2.17. The fourth-order valence-electron chi connectivity index (χ4n) is 1.62. The maximum absolute atomic E-state index is 11.4. The summed E-state index contributed by atoms with van der Waals surface area (Å²) < 4.78 is 28.4. The Morgan fingerprint density at radius 3 is 2.62 bits per heavy atom. The molecule has 0 amide bonds. The molecule has 1 aliphatic rings. The summed E-state index contributed by atoms with van der Waals surface area (Å²) in [5, 5.41) is 3.23. The van der Waals surface area contributed by atoms with Crippen LogP contribution < -0.4 is 10.1 Å². The summed E-state index contributed by atoms with van der Waals surface area (Å²) in [6, 6.07) is 5.05. The summed E-state index contributed by atoms with van der Waals surface area (Å²) >= 11 is 0. The monoisotopic (exact) mass is 241 g/mol. The third kappa shape index (κ3) is 2.00. The van der Waals surface area contributed by atoms with Crippen molar-refractivity contribution in [2.75, 3.05) is 11.6 Å². The fourth-order valence-corrected chi connectivity index (χ4v) is 2.27. The second-order valence-corrected chi connectivity index (χ2v) is 6.20. The van der Waals surface area contributed by atoms with Crippen molar-refractivity contribution in [3.8, 4) is 5.75 Å². The van der Waals surface area contributed by atoms with Gasteiger partial charge in [-0.3, -0.25) is 0 Å². The van der Waals surface area contributed by atoms with Gasteiger partial charge in [0.1, 0.15) is 11.9 Å². The van der Waals surface area contributed by atoms with Crippen LogP contribution in [0.4, 0.5) is 5.69 Å². The number of rotatable bonds is 1. The van der Waals surface area contributed by atoms with E-state index >= 15 is 0 Å². The topological polar surface area (TPSA) is 55.4 Å². The molecule has 4 nitrogen and oxygen atoms in total. The summed E-state index contributed by atoms with van der Waals surface area (Å²) in [7, 11) is -3.16. The number of anilines is 1. The van der Waals surface area contributed by atoms with Crippen LogP contribution >= 0.6 is 0 Å². The van der Waals surface area contributed by atoms with Crippen LogP contribution in [0.1, 0.15) is 13.8 Å². The van der Waals surface area contributed by atoms with E-state index in [2.05, 4.69) is 5.32 Å². The molecule has 2 atom stereocenters. The van der Waals surface area contributed by atoms with Crippen LogP contribution in [-0.2, 0) is 9.84 Å². The molecule has 1 aromatic carbocycles. The number of benzene rings is 1. The summed E-state index contributed by atoms with van der Waals surface area (Å²) in [4.78, 5) is 0.309. The molecule has 16 heavy (non-hydrogen) atoms. The minimum absolute atomic E-state index is 0.0802. The first-order chi connectivity index (χ1) is 7.38. The molecule has 0 aliphatic carbocycles. The minimum Gasteiger partial charge on any atom is -0.486 e. The lowest BCUT2D eigenvalue weighted by atomic mass is 10.1. The molecule has 0 spiro atoms. The Balaban J connectivity index is 2.44. The van der Waals surface area contributed by atoms with E-state index in [4.69, 9.17) is 4.74 Å². The first-order valence-electron chi connectivity index (χ1n) is 5.15. The van der Waals surface area contributed by atoms with E-state index in [0.717, 1.165) is 5.69 Å². The van der Waals surface area contributed by atoms with E-state index in [9.17, 15) is 8.42 Å². The Labute approximate surface area is 95.5 Å². The second kappa shape index (κ2) is 3.66. The van der Waals surface area contributed by atoms with Gasteiger partial charge in [-0.25, -0.2) is 8.42 Å². The van der Waals surface area contributed by atoms with Gasteiger partial charge in [-0.2, -0.15) is 0 Å². The first kappa shape index (κ1) is 11.3. The van der Waals surface area contributed by atoms with Crippen LogP contribution in [0, 0.1) is 0 Å². The van der Waals surface area contributed by atoms with E-state index in [0.29, 0.717) is 10.6 Å². The molecule has 0 aromatic heterocycles. The van der Waals surface area contributed by atoms with Gasteiger partial charge in [0, 0.05) is 6.26 Å². The number of hydrogen-bond donors (Lipinski definition) is 1. The summed E-state index contributed by atoms with van der Waals surface area (Å²) in [6.45, 7) is 3.98. The summed E-state index contributed by atoms with van der Waals surface area (Å²) in [5.41, 5.74) is 0.744. The van der Waals surface area contributed by atoms with Crippen molar-refractivity contribution in [1.29, 1.82) is 0 Å². The van der Waals surface area contributed by atoms with Crippen molar-refractivity contribution < 1.29 is 13.2 Å². The van der Waals surface area contributed by atoms with Crippen molar-refractivity contribution >= 4 is 15.5 Å². The zero-order chi connectivity index (χ0) is 11.9. The highest BCUT2D eigenvalue weighted by atomic mass is 32.2. The molecule has 5 heteroatoms. The van der Waals surface area contributed by atoms with Crippen LogP contribution in [0.5, 0.6) is 5.75 Å². The van der Waals surface area contributed by atoms with Gasteiger partial charge in [-0.05, 0) is 32.0 Å². The van der Waals surface area contributed by atoms with E-state index in [1.54, 1.807) is 18.2 Å².